The molecule has 0 radical (unpaired) electrons. The number of pyridine rings is 1. The van der Waals surface area contributed by atoms with Crippen LogP contribution >= 0.6 is 11.8 Å². The minimum absolute atomic E-state index is 0.137. The Balaban J connectivity index is 2.43. The molecule has 84 valence electrons. The predicted molar refractivity (Wildman–Crippen MR) is 62.8 cm³/mol. The largest absolute Gasteiger partial charge is 0.312 e. The molecule has 0 saturated carbocycles. The normalized spacial score (nSPS) is 10.9. The quantitative estimate of drug-likeness (QED) is 0.723. The van der Waals surface area contributed by atoms with Crippen LogP contribution in [0.3, 0.4) is 0 Å². The van der Waals surface area contributed by atoms with E-state index in [4.69, 9.17) is 0 Å². The number of nitrogens with zero attached hydrogens (tertiary/aromatic N) is 1. The van der Waals surface area contributed by atoms with Gasteiger partial charge >= 0.3 is 0 Å². The summed E-state index contributed by atoms with van der Waals surface area (Å²) in [4.78, 5) is 11.3. The molecule has 0 atom stereocenters. The van der Waals surface area contributed by atoms with Crippen molar-refractivity contribution in [1.82, 2.24) is 4.57 Å². The van der Waals surface area contributed by atoms with E-state index in [0.29, 0.717) is 12.5 Å². The zero-order valence-electron chi connectivity index (χ0n) is 9.07. The third-order valence-electron chi connectivity index (χ3n) is 1.88. The van der Waals surface area contributed by atoms with Gasteiger partial charge in [-0.3, -0.25) is 4.79 Å². The monoisotopic (exact) mass is 229 g/mol. The molecule has 15 heavy (non-hydrogen) atoms. The Kier molecular flexibility index (Phi) is 4.88. The average molecular weight is 229 g/mol. The Bertz CT molecular complexity index is 362. The number of aromatic nitrogens is 1. The van der Waals surface area contributed by atoms with Gasteiger partial charge in [-0.25, -0.2) is 4.39 Å². The fraction of sp³-hybridized carbons (Fsp3) is 0.545. The Labute approximate surface area is 93.5 Å². The molecule has 0 unspecified atom stereocenters. The van der Waals surface area contributed by atoms with Crippen LogP contribution in [0.15, 0.2) is 23.1 Å². The zero-order chi connectivity index (χ0) is 11.3. The van der Waals surface area contributed by atoms with Gasteiger partial charge in [0.15, 0.2) is 0 Å². The summed E-state index contributed by atoms with van der Waals surface area (Å²) in [6.07, 6.45) is 1.26. The minimum Gasteiger partial charge on any atom is -0.312 e. The molecule has 4 heteroatoms. The molecule has 0 spiro atoms. The lowest BCUT2D eigenvalue weighted by molar-refractivity contribution is 0.592. The first kappa shape index (κ1) is 12.3. The lowest BCUT2D eigenvalue weighted by atomic mass is 10.3. The lowest BCUT2D eigenvalue weighted by Gasteiger charge is -2.06. The van der Waals surface area contributed by atoms with Crippen LogP contribution in [-0.2, 0) is 6.54 Å². The van der Waals surface area contributed by atoms with Crippen LogP contribution in [0.1, 0.15) is 13.8 Å². The lowest BCUT2D eigenvalue weighted by Crippen LogP contribution is -2.20. The van der Waals surface area contributed by atoms with Gasteiger partial charge in [0, 0.05) is 24.6 Å². The van der Waals surface area contributed by atoms with E-state index >= 15 is 0 Å². The Morgan fingerprint density at radius 1 is 1.47 bits per heavy atom. The fourth-order valence-electron chi connectivity index (χ4n) is 1.16. The second kappa shape index (κ2) is 5.95. The molecule has 1 aromatic heterocycles. The molecule has 0 bridgehead atoms. The molecule has 0 fully saturated rings. The topological polar surface area (TPSA) is 22.0 Å². The first-order valence-electron chi connectivity index (χ1n) is 5.03. The molecule has 0 aliphatic heterocycles. The standard InChI is InChI=1S/C11H16FNOS/c1-9(2)8-15-6-5-13-7-10(12)3-4-11(13)14/h3-4,7,9H,5-6,8H2,1-2H3. The highest BCUT2D eigenvalue weighted by Gasteiger charge is 1.99. The molecule has 0 aromatic carbocycles. The van der Waals surface area contributed by atoms with Crippen molar-refractivity contribution in [3.8, 4) is 0 Å². The summed E-state index contributed by atoms with van der Waals surface area (Å²) in [7, 11) is 0. The maximum atomic E-state index is 12.8. The smallest absolute Gasteiger partial charge is 0.250 e. The number of hydrogen-bond donors (Lipinski definition) is 0. The average Bonchev–Trinajstić information content (AvgIpc) is 2.17. The summed E-state index contributed by atoms with van der Waals surface area (Å²) < 4.78 is 14.2. The van der Waals surface area contributed by atoms with Crippen LogP contribution in [0.5, 0.6) is 0 Å². The molecule has 0 amide bonds. The number of halogens is 1. The van der Waals surface area contributed by atoms with E-state index in [-0.39, 0.29) is 11.4 Å². The van der Waals surface area contributed by atoms with E-state index in [1.807, 2.05) is 0 Å². The maximum Gasteiger partial charge on any atom is 0.250 e. The van der Waals surface area contributed by atoms with Gasteiger partial charge in [-0.15, -0.1) is 0 Å². The van der Waals surface area contributed by atoms with E-state index in [0.717, 1.165) is 11.5 Å². The van der Waals surface area contributed by atoms with E-state index < -0.39 is 0 Å². The molecule has 2 nitrogen and oxygen atoms in total. The van der Waals surface area contributed by atoms with Crippen LogP contribution in [0, 0.1) is 11.7 Å². The molecule has 1 aromatic rings. The zero-order valence-corrected chi connectivity index (χ0v) is 9.89. The van der Waals surface area contributed by atoms with Crippen LogP contribution in [0.2, 0.25) is 0 Å². The van der Waals surface area contributed by atoms with Crippen molar-refractivity contribution in [2.45, 2.75) is 20.4 Å². The predicted octanol–water partition coefficient (Wildman–Crippen LogP) is 2.38. The highest BCUT2D eigenvalue weighted by molar-refractivity contribution is 7.99. The molecule has 0 saturated heterocycles. The van der Waals surface area contributed by atoms with Crippen molar-refractivity contribution >= 4 is 11.8 Å². The van der Waals surface area contributed by atoms with Gasteiger partial charge in [0.1, 0.15) is 5.82 Å². The van der Waals surface area contributed by atoms with Gasteiger partial charge in [0.05, 0.1) is 0 Å². The highest BCUT2D eigenvalue weighted by Crippen LogP contribution is 2.07. The van der Waals surface area contributed by atoms with Crippen LogP contribution < -0.4 is 5.56 Å². The van der Waals surface area contributed by atoms with Crippen LogP contribution in [0.4, 0.5) is 4.39 Å². The summed E-state index contributed by atoms with van der Waals surface area (Å²) >= 11 is 1.79. The van der Waals surface area contributed by atoms with Crippen molar-refractivity contribution < 1.29 is 4.39 Å². The summed E-state index contributed by atoms with van der Waals surface area (Å²) in [5.41, 5.74) is -0.137. The molecule has 0 aliphatic rings. The van der Waals surface area contributed by atoms with Crippen molar-refractivity contribution in [1.29, 1.82) is 0 Å². The second-order valence-electron chi connectivity index (χ2n) is 3.85. The number of rotatable bonds is 5. The third kappa shape index (κ3) is 4.51. The SMILES string of the molecule is CC(C)CSCCn1cc(F)ccc1=O. The first-order valence-corrected chi connectivity index (χ1v) is 6.19. The van der Waals surface area contributed by atoms with Crippen molar-refractivity contribution in [2.24, 2.45) is 5.92 Å². The minimum atomic E-state index is -0.358. The van der Waals surface area contributed by atoms with Crippen molar-refractivity contribution in [2.75, 3.05) is 11.5 Å². The molecule has 0 aliphatic carbocycles. The third-order valence-corrected chi connectivity index (χ3v) is 3.25. The van der Waals surface area contributed by atoms with E-state index in [1.165, 1.54) is 22.9 Å². The van der Waals surface area contributed by atoms with E-state index in [2.05, 4.69) is 13.8 Å². The number of aryl methyl sites for hydroxylation is 1. The molecular formula is C11H16FNOS. The molecule has 0 N–H and O–H groups in total. The van der Waals surface area contributed by atoms with Crippen LogP contribution in [0.25, 0.3) is 0 Å². The fourth-order valence-corrected chi connectivity index (χ4v) is 2.12. The van der Waals surface area contributed by atoms with Crippen molar-refractivity contribution in [3.63, 3.8) is 0 Å². The van der Waals surface area contributed by atoms with Gasteiger partial charge in [-0.05, 0) is 17.7 Å². The second-order valence-corrected chi connectivity index (χ2v) is 5.00. The van der Waals surface area contributed by atoms with Gasteiger partial charge in [0.2, 0.25) is 0 Å². The maximum absolute atomic E-state index is 12.8. The van der Waals surface area contributed by atoms with E-state index in [9.17, 15) is 9.18 Å². The van der Waals surface area contributed by atoms with Gasteiger partial charge < -0.3 is 4.57 Å². The molecule has 1 rings (SSSR count). The number of hydrogen-bond acceptors (Lipinski definition) is 2. The summed E-state index contributed by atoms with van der Waals surface area (Å²) in [5.74, 6) is 2.22. The summed E-state index contributed by atoms with van der Waals surface area (Å²) in [5, 5.41) is 0. The Morgan fingerprint density at radius 3 is 2.87 bits per heavy atom. The van der Waals surface area contributed by atoms with Gasteiger partial charge in [-0.2, -0.15) is 11.8 Å². The molecule has 1 heterocycles. The summed E-state index contributed by atoms with van der Waals surface area (Å²) in [6.45, 7) is 4.89. The van der Waals surface area contributed by atoms with Crippen LogP contribution in [-0.4, -0.2) is 16.1 Å². The number of thioether (sulfide) groups is 1. The Hall–Kier alpha value is -0.770. The van der Waals surface area contributed by atoms with Gasteiger partial charge in [0.25, 0.3) is 5.56 Å². The first-order chi connectivity index (χ1) is 7.09. The highest BCUT2D eigenvalue weighted by atomic mass is 32.2. The molecular weight excluding hydrogens is 213 g/mol. The van der Waals surface area contributed by atoms with E-state index in [1.54, 1.807) is 11.8 Å². The van der Waals surface area contributed by atoms with Crippen molar-refractivity contribution in [3.05, 3.63) is 34.5 Å². The van der Waals surface area contributed by atoms with Gasteiger partial charge in [-0.1, -0.05) is 13.8 Å². The Morgan fingerprint density at radius 2 is 2.20 bits per heavy atom. The summed E-state index contributed by atoms with van der Waals surface area (Å²) in [6, 6.07) is 2.46.